The van der Waals surface area contributed by atoms with Gasteiger partial charge >= 0.3 is 5.97 Å². The molecule has 0 aliphatic carbocycles. The van der Waals surface area contributed by atoms with Gasteiger partial charge in [-0.2, -0.15) is 0 Å². The lowest BCUT2D eigenvalue weighted by atomic mass is 10.0. The summed E-state index contributed by atoms with van der Waals surface area (Å²) in [4.78, 5) is 26.1. The fourth-order valence-corrected chi connectivity index (χ4v) is 7.01. The highest BCUT2D eigenvalue weighted by molar-refractivity contribution is 5.77. The molecule has 0 aromatic carbocycles. The number of nitrogens with one attached hydrogen (secondary N) is 1. The topological polar surface area (TPSA) is 95.9 Å². The Morgan fingerprint density at radius 3 is 1.33 bits per heavy atom. The van der Waals surface area contributed by atoms with Crippen molar-refractivity contribution in [2.24, 2.45) is 0 Å². The number of ether oxygens (including phenoxy) is 1. The highest BCUT2D eigenvalue weighted by atomic mass is 16.5. The largest absolute Gasteiger partial charge is 0.462 e. The van der Waals surface area contributed by atoms with Crippen molar-refractivity contribution in [1.29, 1.82) is 0 Å². The number of allylic oxidation sites excluding steroid dienone is 20. The average molecular weight is 872 g/mol. The van der Waals surface area contributed by atoms with E-state index in [1.54, 1.807) is 0 Å². The van der Waals surface area contributed by atoms with E-state index in [9.17, 15) is 19.8 Å². The summed E-state index contributed by atoms with van der Waals surface area (Å²) in [5, 5.41) is 23.7. The molecule has 1 amide bonds. The van der Waals surface area contributed by atoms with Crippen LogP contribution in [0.1, 0.15) is 201 Å². The Bertz CT molecular complexity index is 1350. The van der Waals surface area contributed by atoms with Gasteiger partial charge in [0.1, 0.15) is 6.10 Å². The number of esters is 1. The smallest absolute Gasteiger partial charge is 0.306 e. The van der Waals surface area contributed by atoms with Gasteiger partial charge in [-0.1, -0.05) is 251 Å². The molecule has 0 heterocycles. The Kier molecular flexibility index (Phi) is 46.4. The van der Waals surface area contributed by atoms with Crippen LogP contribution in [-0.2, 0) is 14.3 Å². The van der Waals surface area contributed by atoms with Crippen LogP contribution < -0.4 is 5.32 Å². The molecule has 0 saturated heterocycles. The van der Waals surface area contributed by atoms with Crippen LogP contribution in [0, 0.1) is 0 Å². The number of hydrogen-bond donors (Lipinski definition) is 3. The van der Waals surface area contributed by atoms with E-state index >= 15 is 0 Å². The number of amides is 1. The Morgan fingerprint density at radius 2 is 0.873 bits per heavy atom. The van der Waals surface area contributed by atoms with Crippen LogP contribution >= 0.6 is 0 Å². The fourth-order valence-electron chi connectivity index (χ4n) is 7.01. The molecule has 0 rings (SSSR count). The predicted molar refractivity (Wildman–Crippen MR) is 273 cm³/mol. The maximum absolute atomic E-state index is 13.2. The molecule has 0 bridgehead atoms. The molecule has 63 heavy (non-hydrogen) atoms. The third kappa shape index (κ3) is 44.7. The Hall–Kier alpha value is -3.74. The van der Waals surface area contributed by atoms with Crippen LogP contribution in [-0.4, -0.2) is 46.9 Å². The summed E-state index contributed by atoms with van der Waals surface area (Å²) in [7, 11) is 0. The first-order chi connectivity index (χ1) is 31.0. The number of rotatable bonds is 43. The van der Waals surface area contributed by atoms with Crippen molar-refractivity contribution in [1.82, 2.24) is 5.32 Å². The summed E-state index contributed by atoms with van der Waals surface area (Å²) in [5.41, 5.74) is 0. The monoisotopic (exact) mass is 872 g/mol. The minimum absolute atomic E-state index is 0.00866. The second-order valence-corrected chi connectivity index (χ2v) is 16.7. The van der Waals surface area contributed by atoms with Crippen molar-refractivity contribution in [3.8, 4) is 0 Å². The van der Waals surface area contributed by atoms with Gasteiger partial charge < -0.3 is 20.3 Å². The summed E-state index contributed by atoms with van der Waals surface area (Å²) in [5.74, 6) is -0.588. The number of unbranched alkanes of at least 4 members (excludes halogenated alkanes) is 19. The van der Waals surface area contributed by atoms with E-state index in [0.29, 0.717) is 19.3 Å². The first kappa shape index (κ1) is 59.3. The number of aliphatic hydroxyl groups is 2. The SMILES string of the molecule is CC\C=C/C=C/C=C/C=C\C=C\C=C\CCCC(CC(=O)NC(CO)C(O)CCCCCCCCCCCCCCCC)OC(=O)CCCCCCC\C=C/C=C/C=C/C=C/CC. The molecule has 6 heteroatoms. The lowest BCUT2D eigenvalue weighted by Crippen LogP contribution is -2.46. The quantitative estimate of drug-likeness (QED) is 0.0322. The second kappa shape index (κ2) is 49.3. The zero-order chi connectivity index (χ0) is 45.9. The van der Waals surface area contributed by atoms with Crippen LogP contribution in [0.3, 0.4) is 0 Å². The number of carbonyl (C=O) groups is 2. The molecule has 3 atom stereocenters. The van der Waals surface area contributed by atoms with Gasteiger partial charge in [-0.05, 0) is 57.8 Å². The molecule has 6 nitrogen and oxygen atoms in total. The molecule has 3 unspecified atom stereocenters. The third-order valence-electron chi connectivity index (χ3n) is 10.8. The van der Waals surface area contributed by atoms with E-state index < -0.39 is 18.2 Å². The van der Waals surface area contributed by atoms with E-state index in [2.05, 4.69) is 68.6 Å². The van der Waals surface area contributed by atoms with Crippen LogP contribution in [0.25, 0.3) is 0 Å². The molecule has 356 valence electrons. The fraction of sp³-hybridized carbons (Fsp3) is 0.614. The maximum Gasteiger partial charge on any atom is 0.306 e. The molecule has 3 N–H and O–H groups in total. The van der Waals surface area contributed by atoms with Crippen molar-refractivity contribution < 1.29 is 24.5 Å². The normalized spacial score (nSPS) is 14.3. The van der Waals surface area contributed by atoms with Crippen LogP contribution in [0.15, 0.2) is 122 Å². The summed E-state index contributed by atoms with van der Waals surface area (Å²) < 4.78 is 5.88. The second-order valence-electron chi connectivity index (χ2n) is 16.7. The molecule has 0 spiro atoms. The van der Waals surface area contributed by atoms with Crippen molar-refractivity contribution in [2.45, 2.75) is 219 Å². The molecule has 0 aliphatic rings. The number of aliphatic hydroxyl groups excluding tert-OH is 2. The molecule has 0 aliphatic heterocycles. The van der Waals surface area contributed by atoms with Crippen molar-refractivity contribution >= 4 is 11.9 Å². The first-order valence-corrected chi connectivity index (χ1v) is 25.4. The molecule has 0 radical (unpaired) electrons. The van der Waals surface area contributed by atoms with Gasteiger partial charge in [0, 0.05) is 6.42 Å². The van der Waals surface area contributed by atoms with Gasteiger partial charge in [-0.3, -0.25) is 9.59 Å². The highest BCUT2D eigenvalue weighted by Gasteiger charge is 2.24. The van der Waals surface area contributed by atoms with E-state index in [1.807, 2.05) is 79.0 Å². The zero-order valence-electron chi connectivity index (χ0n) is 40.4. The minimum Gasteiger partial charge on any atom is -0.462 e. The van der Waals surface area contributed by atoms with E-state index in [4.69, 9.17) is 4.74 Å². The van der Waals surface area contributed by atoms with E-state index in [0.717, 1.165) is 83.5 Å². The van der Waals surface area contributed by atoms with Gasteiger partial charge in [-0.25, -0.2) is 0 Å². The molecule has 0 fully saturated rings. The van der Waals surface area contributed by atoms with Crippen LogP contribution in [0.4, 0.5) is 0 Å². The van der Waals surface area contributed by atoms with Crippen molar-refractivity contribution in [2.75, 3.05) is 6.61 Å². The molecule has 0 saturated carbocycles. The predicted octanol–water partition coefficient (Wildman–Crippen LogP) is 15.3. The first-order valence-electron chi connectivity index (χ1n) is 25.4. The standard InChI is InChI=1S/C57H93NO5/c1-4-7-10-13-16-19-22-25-28-30-33-36-39-42-45-48-53(63-57(62)50-47-44-41-38-35-32-29-26-23-20-17-14-11-8-5-2)51-56(61)58-54(52-59)55(60)49-46-43-40-37-34-31-27-24-21-18-15-12-9-6-3/h7-8,10-11,13-14,16-17,19-20,22-23,25-26,28-30,33,36,39,53-55,59-60H,4-6,9,12,15,18,21,24,27,31-32,34-35,37-38,40-52H2,1-3H3,(H,58,61)/b10-7-,11-8+,16-13+,17-14+,22-19+,23-20+,28-25-,29-26-,33-30+,39-36+. The summed E-state index contributed by atoms with van der Waals surface area (Å²) in [6.45, 7) is 6.16. The van der Waals surface area contributed by atoms with Crippen molar-refractivity contribution in [3.05, 3.63) is 122 Å². The Labute approximate surface area is 387 Å². The van der Waals surface area contributed by atoms with Gasteiger partial charge in [0.05, 0.1) is 25.2 Å². The van der Waals surface area contributed by atoms with Crippen LogP contribution in [0.2, 0.25) is 0 Å². The van der Waals surface area contributed by atoms with Crippen LogP contribution in [0.5, 0.6) is 0 Å². The summed E-state index contributed by atoms with van der Waals surface area (Å²) >= 11 is 0. The summed E-state index contributed by atoms with van der Waals surface area (Å²) in [6, 6.07) is -0.739. The van der Waals surface area contributed by atoms with Gasteiger partial charge in [-0.15, -0.1) is 0 Å². The van der Waals surface area contributed by atoms with Crippen molar-refractivity contribution in [3.63, 3.8) is 0 Å². The molecule has 0 aromatic rings. The van der Waals surface area contributed by atoms with E-state index in [1.165, 1.54) is 70.6 Å². The Balaban J connectivity index is 4.79. The summed E-state index contributed by atoms with van der Waals surface area (Å²) in [6.07, 6.45) is 68.2. The maximum atomic E-state index is 13.2. The molecular weight excluding hydrogens is 779 g/mol. The molecule has 0 aromatic heterocycles. The Morgan fingerprint density at radius 1 is 0.476 bits per heavy atom. The number of carbonyl (C=O) groups excluding carboxylic acids is 2. The third-order valence-corrected chi connectivity index (χ3v) is 10.8. The lowest BCUT2D eigenvalue weighted by molar-refractivity contribution is -0.151. The number of hydrogen-bond acceptors (Lipinski definition) is 5. The lowest BCUT2D eigenvalue weighted by Gasteiger charge is -2.24. The van der Waals surface area contributed by atoms with Gasteiger partial charge in [0.2, 0.25) is 5.91 Å². The zero-order valence-corrected chi connectivity index (χ0v) is 40.4. The highest BCUT2D eigenvalue weighted by Crippen LogP contribution is 2.17. The average Bonchev–Trinajstić information content (AvgIpc) is 3.28. The minimum atomic E-state index is -0.820. The molecular formula is C57H93NO5. The van der Waals surface area contributed by atoms with Gasteiger partial charge in [0.15, 0.2) is 0 Å². The van der Waals surface area contributed by atoms with E-state index in [-0.39, 0.29) is 24.9 Å². The van der Waals surface area contributed by atoms with Gasteiger partial charge in [0.25, 0.3) is 0 Å².